The molecule has 0 fully saturated rings. The molecular formula is C34H38N9O17PS5. The Kier molecular flexibility index (Phi) is 15.3. The van der Waals surface area contributed by atoms with Gasteiger partial charge in [-0.05, 0) is 72.8 Å². The van der Waals surface area contributed by atoms with Crippen molar-refractivity contribution in [3.63, 3.8) is 0 Å². The average molecular weight is 1040 g/mol. The van der Waals surface area contributed by atoms with Gasteiger partial charge in [-0.25, -0.2) is 12.6 Å². The maximum Gasteiger partial charge on any atom is 0.397 e. The molecule has 0 aliphatic carbocycles. The second-order valence-corrected chi connectivity index (χ2v) is 21.0. The zero-order valence-corrected chi connectivity index (χ0v) is 39.4. The Morgan fingerprint density at radius 1 is 0.788 bits per heavy atom. The minimum Gasteiger partial charge on any atom is -0.505 e. The fourth-order valence-corrected chi connectivity index (χ4v) is 9.95. The van der Waals surface area contributed by atoms with Crippen molar-refractivity contribution in [2.75, 3.05) is 41.5 Å². The molecule has 8 N–H and O–H groups in total. The Balaban J connectivity index is 1.64. The Morgan fingerprint density at radius 3 is 1.98 bits per heavy atom. The van der Waals surface area contributed by atoms with Gasteiger partial charge in [0.25, 0.3) is 30.4 Å². The highest BCUT2D eigenvalue weighted by Gasteiger charge is 2.29. The smallest absolute Gasteiger partial charge is 0.397 e. The van der Waals surface area contributed by atoms with Gasteiger partial charge in [-0.3, -0.25) is 18.2 Å². The number of aromatic hydroxyl groups is 1. The van der Waals surface area contributed by atoms with Gasteiger partial charge in [0.1, 0.15) is 37.6 Å². The molecule has 4 aromatic carbocycles. The number of nitrogens with zero attached hydrogens (tertiary/aromatic N) is 7. The SMILES string of the molecule is CCC1=C(N(CC)c2cccc(S(=O)(=O)CCOS(=O)(=O)O)c2)N=C(Nc2ccc(S(=O)(=O)O)c(N=Nc3c(S(=O)(=O)O)cc4cc(S(=O)(=O)O)c(N=NP)c(NC)c4c3O)c2)N=C(O)C1. The van der Waals surface area contributed by atoms with E-state index in [1.54, 1.807) is 24.8 Å². The first-order valence-corrected chi connectivity index (χ1v) is 26.2. The van der Waals surface area contributed by atoms with Crippen LogP contribution in [0.4, 0.5) is 34.1 Å². The molecule has 0 bridgehead atoms. The quantitative estimate of drug-likeness (QED) is 0.0368. The molecule has 1 atom stereocenters. The monoisotopic (exact) mass is 1040 g/mol. The number of aliphatic hydroxyl groups is 1. The first-order valence-electron chi connectivity index (χ1n) is 18.3. The van der Waals surface area contributed by atoms with Crippen LogP contribution in [0.15, 0.2) is 116 Å². The van der Waals surface area contributed by atoms with Crippen LogP contribution in [0.5, 0.6) is 5.75 Å². The van der Waals surface area contributed by atoms with Crippen molar-refractivity contribution in [2.24, 2.45) is 30.2 Å². The first-order chi connectivity index (χ1) is 30.6. The topological polar surface area (TPSA) is 403 Å². The van der Waals surface area contributed by atoms with Gasteiger partial charge in [-0.15, -0.1) is 15.3 Å². The van der Waals surface area contributed by atoms with Gasteiger partial charge in [0, 0.05) is 40.8 Å². The Labute approximate surface area is 379 Å². The summed E-state index contributed by atoms with van der Waals surface area (Å²) in [5.41, 5.74) is -1.98. The third kappa shape index (κ3) is 11.9. The molecule has 32 heteroatoms. The molecule has 0 radical (unpaired) electrons. The van der Waals surface area contributed by atoms with Crippen molar-refractivity contribution in [1.82, 2.24) is 0 Å². The van der Waals surface area contributed by atoms with E-state index < -0.39 is 112 Å². The third-order valence-electron chi connectivity index (χ3n) is 9.20. The predicted molar refractivity (Wildman–Crippen MR) is 242 cm³/mol. The highest BCUT2D eigenvalue weighted by atomic mass is 32.3. The average Bonchev–Trinajstić information content (AvgIpc) is 3.36. The summed E-state index contributed by atoms with van der Waals surface area (Å²) in [7, 11) is -21.6. The normalized spacial score (nSPS) is 14.4. The summed E-state index contributed by atoms with van der Waals surface area (Å²) >= 11 is 0. The fraction of sp³-hybridized carbons (Fsp3) is 0.235. The number of phenols is 1. The molecule has 5 rings (SSSR count). The molecule has 66 heavy (non-hydrogen) atoms. The predicted octanol–water partition coefficient (Wildman–Crippen LogP) is 5.49. The lowest BCUT2D eigenvalue weighted by atomic mass is 10.0. The van der Waals surface area contributed by atoms with Crippen LogP contribution in [-0.2, 0) is 54.8 Å². The number of fused-ring (bicyclic) bond motifs is 1. The van der Waals surface area contributed by atoms with Gasteiger partial charge >= 0.3 is 10.4 Å². The van der Waals surface area contributed by atoms with E-state index in [1.807, 2.05) is 9.39 Å². The van der Waals surface area contributed by atoms with Gasteiger partial charge in [-0.1, -0.05) is 13.0 Å². The maximum atomic E-state index is 13.1. The van der Waals surface area contributed by atoms with E-state index in [4.69, 9.17) is 4.55 Å². The molecule has 0 saturated carbocycles. The number of azo groups is 1. The van der Waals surface area contributed by atoms with Gasteiger partial charge in [0.2, 0.25) is 5.96 Å². The van der Waals surface area contributed by atoms with Crippen molar-refractivity contribution in [3.8, 4) is 5.75 Å². The second-order valence-electron chi connectivity index (χ2n) is 13.4. The van der Waals surface area contributed by atoms with Crippen LogP contribution in [0, 0.1) is 0 Å². The molecule has 0 saturated heterocycles. The van der Waals surface area contributed by atoms with Crippen LogP contribution < -0.4 is 15.5 Å². The summed E-state index contributed by atoms with van der Waals surface area (Å²) in [4.78, 5) is 10.5. The standard InChI is InChI=1S/C34H38N9O17PS5/c1-4-18-15-27(44)37-34(38-33(18)43(5-2)21-7-6-8-22(17-21)62(46,47)12-11-60-66(57,58)59)36-20-9-10-24(63(48,49)50)23(16-20)39-40-30-26(65(54,55)56)14-19-13-25(64(51,52)53)29(41-42-61)31(35-3)28(19)32(30)45/h6-10,13-14,16-17,35,45H,4-5,11-12,15,61H2,1-3H3,(H,48,49,50)(H,51,52,53)(H,54,55,56)(H,57,58,59)(H2,36,37,38,44). The Hall–Kier alpha value is -5.60. The van der Waals surface area contributed by atoms with Crippen LogP contribution in [0.1, 0.15) is 26.7 Å². The number of anilines is 3. The van der Waals surface area contributed by atoms with Crippen LogP contribution in [-0.4, -0.2) is 108 Å². The van der Waals surface area contributed by atoms with Crippen LogP contribution >= 0.6 is 9.39 Å². The zero-order valence-electron chi connectivity index (χ0n) is 34.2. The lowest BCUT2D eigenvalue weighted by molar-refractivity contribution is 0.284. The van der Waals surface area contributed by atoms with Crippen LogP contribution in [0.25, 0.3) is 10.8 Å². The van der Waals surface area contributed by atoms with Gasteiger partial charge in [0.05, 0.1) is 28.3 Å². The van der Waals surface area contributed by atoms with Crippen LogP contribution in [0.3, 0.4) is 0 Å². The molecule has 0 amide bonds. The van der Waals surface area contributed by atoms with E-state index in [0.29, 0.717) is 11.6 Å². The fourth-order valence-electron chi connectivity index (χ4n) is 6.39. The molecule has 1 heterocycles. The molecule has 0 spiro atoms. The number of phenolic OH excluding ortho intramolecular Hbond substituents is 1. The minimum atomic E-state index is -5.37. The van der Waals surface area contributed by atoms with Gasteiger partial charge in [0.15, 0.2) is 21.5 Å². The number of sulfone groups is 1. The Bertz CT molecular complexity index is 3360. The van der Waals surface area contributed by atoms with Crippen molar-refractivity contribution in [2.45, 2.75) is 46.3 Å². The maximum absolute atomic E-state index is 13.1. The second kappa shape index (κ2) is 19.7. The van der Waals surface area contributed by atoms with Crippen molar-refractivity contribution < 1.29 is 74.7 Å². The van der Waals surface area contributed by atoms with E-state index in [2.05, 4.69) is 45.0 Å². The summed E-state index contributed by atoms with van der Waals surface area (Å²) < 4.78 is 166. The number of aliphatic imine (C=N–C) groups is 2. The van der Waals surface area contributed by atoms with E-state index in [-0.39, 0.29) is 58.5 Å². The molecule has 1 unspecified atom stereocenters. The molecule has 0 aromatic heterocycles. The summed E-state index contributed by atoms with van der Waals surface area (Å²) in [6.07, 6.45) is 0.136. The van der Waals surface area contributed by atoms with E-state index in [0.717, 1.165) is 24.3 Å². The van der Waals surface area contributed by atoms with Crippen molar-refractivity contribution in [3.05, 3.63) is 66.0 Å². The third-order valence-corrected chi connectivity index (χ3v) is 14.1. The molecular weight excluding hydrogens is 998 g/mol. The van der Waals surface area contributed by atoms with Gasteiger partial charge < -0.3 is 25.7 Å². The molecule has 1 aliphatic rings. The summed E-state index contributed by atoms with van der Waals surface area (Å²) in [5.74, 6) is -2.51. The number of benzene rings is 4. The van der Waals surface area contributed by atoms with E-state index in [1.165, 1.54) is 25.2 Å². The number of aliphatic hydroxyl groups excluding tert-OH is 1. The highest BCUT2D eigenvalue weighted by molar-refractivity contribution is 7.91. The van der Waals surface area contributed by atoms with Gasteiger partial charge in [-0.2, -0.15) is 48.5 Å². The number of nitrogens with one attached hydrogen (secondary N) is 2. The Morgan fingerprint density at radius 2 is 1.42 bits per heavy atom. The molecule has 4 aromatic rings. The van der Waals surface area contributed by atoms with Crippen LogP contribution in [0.2, 0.25) is 0 Å². The van der Waals surface area contributed by atoms with Crippen molar-refractivity contribution in [1.29, 1.82) is 0 Å². The summed E-state index contributed by atoms with van der Waals surface area (Å²) in [5, 5.41) is 38.1. The lowest BCUT2D eigenvalue weighted by Crippen LogP contribution is -2.24. The highest BCUT2D eigenvalue weighted by Crippen LogP contribution is 2.49. The number of hydrogen-bond acceptors (Lipinski definition) is 21. The molecule has 1 aliphatic heterocycles. The van der Waals surface area contributed by atoms with E-state index >= 15 is 0 Å². The summed E-state index contributed by atoms with van der Waals surface area (Å²) in [6, 6.07) is 9.77. The van der Waals surface area contributed by atoms with E-state index in [9.17, 15) is 66.0 Å². The lowest BCUT2D eigenvalue weighted by Gasteiger charge is -2.26. The molecule has 356 valence electrons. The largest absolute Gasteiger partial charge is 0.505 e. The van der Waals surface area contributed by atoms with Crippen molar-refractivity contribution >= 4 is 117 Å². The summed E-state index contributed by atoms with van der Waals surface area (Å²) in [6.45, 7) is 2.72. The minimum absolute atomic E-state index is 0.102. The number of rotatable bonds is 17. The number of hydrogen-bond donors (Lipinski definition) is 8. The molecule has 26 nitrogen and oxygen atoms in total. The first kappa shape index (κ1) is 51.4. The zero-order chi connectivity index (χ0) is 49.2. The number of guanidine groups is 1.